The van der Waals surface area contributed by atoms with Crippen molar-refractivity contribution in [3.05, 3.63) is 0 Å². The summed E-state index contributed by atoms with van der Waals surface area (Å²) in [4.78, 5) is 16.4. The van der Waals surface area contributed by atoms with E-state index in [0.717, 1.165) is 32.2 Å². The molecule has 1 aliphatic heterocycles. The van der Waals surface area contributed by atoms with Crippen LogP contribution in [0.15, 0.2) is 0 Å². The Morgan fingerprint density at radius 2 is 2.18 bits per heavy atom. The Labute approximate surface area is 104 Å². The molecule has 1 saturated heterocycles. The predicted molar refractivity (Wildman–Crippen MR) is 68.6 cm³/mol. The summed E-state index contributed by atoms with van der Waals surface area (Å²) in [6.45, 7) is 6.94. The second kappa shape index (κ2) is 5.36. The number of hydrogen-bond acceptors (Lipinski definition) is 3. The first-order valence-electron chi connectivity index (χ1n) is 6.80. The number of carbonyl (C=O) groups excluding carboxylic acids is 1. The van der Waals surface area contributed by atoms with Crippen molar-refractivity contribution in [2.24, 2.45) is 5.92 Å². The average Bonchev–Trinajstić information content (AvgIpc) is 3.05. The third kappa shape index (κ3) is 3.42. The highest BCUT2D eigenvalue weighted by Crippen LogP contribution is 2.25. The normalized spacial score (nSPS) is 25.4. The summed E-state index contributed by atoms with van der Waals surface area (Å²) in [5, 5.41) is 3.31. The Bertz CT molecular complexity index is 276. The van der Waals surface area contributed by atoms with Gasteiger partial charge in [-0.05, 0) is 32.2 Å². The van der Waals surface area contributed by atoms with Gasteiger partial charge in [-0.2, -0.15) is 0 Å². The van der Waals surface area contributed by atoms with Gasteiger partial charge < -0.3 is 9.80 Å². The molecule has 4 heteroatoms. The maximum Gasteiger partial charge on any atom is 0.240 e. The minimum absolute atomic E-state index is 0.0567. The molecule has 1 heterocycles. The molecule has 98 valence electrons. The Morgan fingerprint density at radius 1 is 1.47 bits per heavy atom. The van der Waals surface area contributed by atoms with E-state index in [1.165, 1.54) is 12.8 Å². The van der Waals surface area contributed by atoms with E-state index in [4.69, 9.17) is 0 Å². The van der Waals surface area contributed by atoms with E-state index < -0.39 is 0 Å². The molecule has 0 radical (unpaired) electrons. The number of nitrogens with one attached hydrogen (secondary N) is 1. The SMILES string of the molecule is CC(C)CC1NCN(CCN(C)C2CC2)C1=O. The average molecular weight is 239 g/mol. The molecule has 4 nitrogen and oxygen atoms in total. The van der Waals surface area contributed by atoms with Gasteiger partial charge in [-0.1, -0.05) is 13.8 Å². The van der Waals surface area contributed by atoms with Crippen molar-refractivity contribution in [3.63, 3.8) is 0 Å². The molecule has 2 aliphatic rings. The van der Waals surface area contributed by atoms with Crippen molar-refractivity contribution in [3.8, 4) is 0 Å². The van der Waals surface area contributed by atoms with Crippen LogP contribution in [0.5, 0.6) is 0 Å². The molecule has 2 rings (SSSR count). The Balaban J connectivity index is 1.73. The number of likely N-dealkylation sites (N-methyl/N-ethyl adjacent to an activating group) is 1. The number of hydrogen-bond donors (Lipinski definition) is 1. The number of amides is 1. The first kappa shape index (κ1) is 12.8. The first-order valence-corrected chi connectivity index (χ1v) is 6.80. The van der Waals surface area contributed by atoms with Crippen molar-refractivity contribution in [1.29, 1.82) is 0 Å². The molecule has 1 amide bonds. The summed E-state index contributed by atoms with van der Waals surface area (Å²) in [7, 11) is 2.16. The molecular formula is C13H25N3O. The van der Waals surface area contributed by atoms with Crippen molar-refractivity contribution in [2.45, 2.75) is 45.2 Å². The molecule has 1 N–H and O–H groups in total. The molecule has 0 bridgehead atoms. The minimum Gasteiger partial charge on any atom is -0.327 e. The highest BCUT2D eigenvalue weighted by molar-refractivity contribution is 5.83. The Morgan fingerprint density at radius 3 is 2.76 bits per heavy atom. The lowest BCUT2D eigenvalue weighted by Gasteiger charge is -2.21. The lowest BCUT2D eigenvalue weighted by atomic mass is 10.0. The lowest BCUT2D eigenvalue weighted by molar-refractivity contribution is -0.129. The summed E-state index contributed by atoms with van der Waals surface area (Å²) < 4.78 is 0. The second-order valence-electron chi connectivity index (χ2n) is 5.86. The van der Waals surface area contributed by atoms with Crippen LogP contribution >= 0.6 is 0 Å². The van der Waals surface area contributed by atoms with E-state index in [-0.39, 0.29) is 6.04 Å². The van der Waals surface area contributed by atoms with E-state index in [1.54, 1.807) is 0 Å². The highest BCUT2D eigenvalue weighted by Gasteiger charge is 2.32. The van der Waals surface area contributed by atoms with Crippen molar-refractivity contribution >= 4 is 5.91 Å². The van der Waals surface area contributed by atoms with Crippen LogP contribution in [0.4, 0.5) is 0 Å². The van der Waals surface area contributed by atoms with Crippen LogP contribution < -0.4 is 5.32 Å². The third-order valence-electron chi connectivity index (χ3n) is 3.74. The van der Waals surface area contributed by atoms with Gasteiger partial charge in [0.2, 0.25) is 5.91 Å². The molecule has 0 aromatic rings. The molecule has 1 unspecified atom stereocenters. The van der Waals surface area contributed by atoms with Gasteiger partial charge in [0.05, 0.1) is 12.7 Å². The van der Waals surface area contributed by atoms with E-state index in [1.807, 2.05) is 4.90 Å². The molecule has 0 spiro atoms. The fraction of sp³-hybridized carbons (Fsp3) is 0.923. The van der Waals surface area contributed by atoms with E-state index >= 15 is 0 Å². The molecule has 0 aromatic heterocycles. The molecule has 0 aromatic carbocycles. The van der Waals surface area contributed by atoms with Gasteiger partial charge in [0, 0.05) is 19.1 Å². The lowest BCUT2D eigenvalue weighted by Crippen LogP contribution is -2.37. The summed E-state index contributed by atoms with van der Waals surface area (Å²) >= 11 is 0. The fourth-order valence-electron chi connectivity index (χ4n) is 2.43. The number of nitrogens with zero attached hydrogens (tertiary/aromatic N) is 2. The zero-order valence-corrected chi connectivity index (χ0v) is 11.3. The maximum absolute atomic E-state index is 12.1. The van der Waals surface area contributed by atoms with Gasteiger partial charge in [0.25, 0.3) is 0 Å². The van der Waals surface area contributed by atoms with E-state index in [9.17, 15) is 4.79 Å². The molecule has 2 fully saturated rings. The zero-order valence-electron chi connectivity index (χ0n) is 11.3. The van der Waals surface area contributed by atoms with Crippen LogP contribution in [-0.4, -0.2) is 54.6 Å². The molecular weight excluding hydrogens is 214 g/mol. The highest BCUT2D eigenvalue weighted by atomic mass is 16.2. The molecule has 1 atom stereocenters. The number of carbonyl (C=O) groups is 1. The third-order valence-corrected chi connectivity index (χ3v) is 3.74. The van der Waals surface area contributed by atoms with Gasteiger partial charge in [0.1, 0.15) is 0 Å². The Kier molecular flexibility index (Phi) is 4.05. The monoisotopic (exact) mass is 239 g/mol. The fourth-order valence-corrected chi connectivity index (χ4v) is 2.43. The number of rotatable bonds is 6. The van der Waals surface area contributed by atoms with Gasteiger partial charge in [-0.3, -0.25) is 10.1 Å². The topological polar surface area (TPSA) is 35.6 Å². The van der Waals surface area contributed by atoms with Crippen LogP contribution in [-0.2, 0) is 4.79 Å². The van der Waals surface area contributed by atoms with Crippen LogP contribution in [0.1, 0.15) is 33.1 Å². The standard InChI is InChI=1S/C13H25N3O/c1-10(2)8-12-13(17)16(9-14-12)7-6-15(3)11-4-5-11/h10-12,14H,4-9H2,1-3H3. The second-order valence-corrected chi connectivity index (χ2v) is 5.86. The largest absolute Gasteiger partial charge is 0.327 e. The summed E-state index contributed by atoms with van der Waals surface area (Å²) in [6.07, 6.45) is 3.62. The van der Waals surface area contributed by atoms with Gasteiger partial charge >= 0.3 is 0 Å². The van der Waals surface area contributed by atoms with E-state index in [0.29, 0.717) is 11.8 Å². The predicted octanol–water partition coefficient (Wildman–Crippen LogP) is 0.885. The summed E-state index contributed by atoms with van der Waals surface area (Å²) in [6, 6.07) is 0.841. The smallest absolute Gasteiger partial charge is 0.240 e. The van der Waals surface area contributed by atoms with Crippen LogP contribution in [0.25, 0.3) is 0 Å². The van der Waals surface area contributed by atoms with E-state index in [2.05, 4.69) is 31.1 Å². The molecule has 1 aliphatic carbocycles. The minimum atomic E-state index is 0.0567. The molecule has 17 heavy (non-hydrogen) atoms. The van der Waals surface area contributed by atoms with Crippen LogP contribution in [0.3, 0.4) is 0 Å². The van der Waals surface area contributed by atoms with Gasteiger partial charge in [-0.25, -0.2) is 0 Å². The van der Waals surface area contributed by atoms with Crippen molar-refractivity contribution in [2.75, 3.05) is 26.8 Å². The zero-order chi connectivity index (χ0) is 12.4. The Hall–Kier alpha value is -0.610. The van der Waals surface area contributed by atoms with Crippen LogP contribution in [0.2, 0.25) is 0 Å². The van der Waals surface area contributed by atoms with Crippen molar-refractivity contribution in [1.82, 2.24) is 15.1 Å². The maximum atomic E-state index is 12.1. The first-order chi connectivity index (χ1) is 8.08. The van der Waals surface area contributed by atoms with Gasteiger partial charge in [-0.15, -0.1) is 0 Å². The summed E-state index contributed by atoms with van der Waals surface area (Å²) in [5.41, 5.74) is 0. The van der Waals surface area contributed by atoms with Crippen LogP contribution in [0, 0.1) is 5.92 Å². The molecule has 1 saturated carbocycles. The quantitative estimate of drug-likeness (QED) is 0.747. The summed E-state index contributed by atoms with van der Waals surface area (Å²) in [5.74, 6) is 0.869. The van der Waals surface area contributed by atoms with Gasteiger partial charge in [0.15, 0.2) is 0 Å². The van der Waals surface area contributed by atoms with Crippen molar-refractivity contribution < 1.29 is 4.79 Å².